The molecule has 0 radical (unpaired) electrons. The van der Waals surface area contributed by atoms with Gasteiger partial charge in [-0.3, -0.25) is 0 Å². The zero-order chi connectivity index (χ0) is 13.1. The molecular weight excluding hydrogens is 246 g/mol. The summed E-state index contributed by atoms with van der Waals surface area (Å²) in [5.41, 5.74) is 7.79. The molecule has 1 aromatic rings. The van der Waals surface area contributed by atoms with Gasteiger partial charge in [-0.1, -0.05) is 20.3 Å². The van der Waals surface area contributed by atoms with Crippen LogP contribution in [0.4, 0.5) is 5.00 Å². The molecule has 2 N–H and O–H groups in total. The number of aryl methyl sites for hydroxylation is 1. The fourth-order valence-corrected chi connectivity index (χ4v) is 3.49. The Labute approximate surface area is 112 Å². The third kappa shape index (κ3) is 2.69. The van der Waals surface area contributed by atoms with Crippen LogP contribution in [0.25, 0.3) is 0 Å². The van der Waals surface area contributed by atoms with Crippen LogP contribution in [0.5, 0.6) is 0 Å². The number of ether oxygens (including phenoxy) is 1. The van der Waals surface area contributed by atoms with Crippen molar-refractivity contribution in [2.75, 3.05) is 12.3 Å². The van der Waals surface area contributed by atoms with Crippen molar-refractivity contribution < 1.29 is 9.53 Å². The molecule has 0 spiro atoms. The van der Waals surface area contributed by atoms with Gasteiger partial charge >= 0.3 is 5.97 Å². The number of rotatable bonds is 4. The summed E-state index contributed by atoms with van der Waals surface area (Å²) in [7, 11) is 0. The number of hydrogen-bond donors (Lipinski definition) is 1. The summed E-state index contributed by atoms with van der Waals surface area (Å²) in [5, 5.41) is 0.635. The first-order chi connectivity index (χ1) is 8.63. The molecule has 2 rings (SSSR count). The lowest BCUT2D eigenvalue weighted by Gasteiger charge is -2.18. The van der Waals surface area contributed by atoms with Gasteiger partial charge in [0.25, 0.3) is 0 Å². The SMILES string of the molecule is CCCCOC(=O)c1c(N)sc2c1CC(C)CC2. The number of nitrogen functional groups attached to an aromatic ring is 1. The van der Waals surface area contributed by atoms with Gasteiger partial charge in [-0.05, 0) is 37.2 Å². The average Bonchev–Trinajstić information content (AvgIpc) is 2.64. The molecule has 1 atom stereocenters. The van der Waals surface area contributed by atoms with Crippen LogP contribution in [0, 0.1) is 5.92 Å². The number of thiophene rings is 1. The van der Waals surface area contributed by atoms with E-state index in [-0.39, 0.29) is 5.97 Å². The third-order valence-corrected chi connectivity index (χ3v) is 4.59. The van der Waals surface area contributed by atoms with Crippen LogP contribution in [0.1, 0.15) is 53.9 Å². The molecular formula is C14H21NO2S. The highest BCUT2D eigenvalue weighted by atomic mass is 32.1. The van der Waals surface area contributed by atoms with E-state index in [1.165, 1.54) is 11.3 Å². The lowest BCUT2D eigenvalue weighted by molar-refractivity contribution is 0.0500. The number of fused-ring (bicyclic) bond motifs is 1. The fourth-order valence-electron chi connectivity index (χ4n) is 2.38. The van der Waals surface area contributed by atoms with Crippen molar-refractivity contribution in [1.82, 2.24) is 0 Å². The van der Waals surface area contributed by atoms with Crippen LogP contribution >= 0.6 is 11.3 Å². The second-order valence-corrected chi connectivity index (χ2v) is 6.22. The number of carbonyl (C=O) groups excluding carboxylic acids is 1. The molecule has 1 aromatic heterocycles. The molecule has 4 heteroatoms. The minimum atomic E-state index is -0.229. The highest BCUT2D eigenvalue weighted by molar-refractivity contribution is 7.16. The maximum Gasteiger partial charge on any atom is 0.341 e. The van der Waals surface area contributed by atoms with Crippen molar-refractivity contribution >= 4 is 22.3 Å². The molecule has 1 aliphatic rings. The van der Waals surface area contributed by atoms with Crippen molar-refractivity contribution in [2.45, 2.75) is 46.0 Å². The normalized spacial score (nSPS) is 18.4. The van der Waals surface area contributed by atoms with Gasteiger partial charge in [0, 0.05) is 4.88 Å². The number of hydrogen-bond acceptors (Lipinski definition) is 4. The molecule has 0 saturated carbocycles. The predicted molar refractivity (Wildman–Crippen MR) is 75.1 cm³/mol. The lowest BCUT2D eigenvalue weighted by atomic mass is 9.88. The summed E-state index contributed by atoms with van der Waals surface area (Å²) >= 11 is 1.56. The topological polar surface area (TPSA) is 52.3 Å². The predicted octanol–water partition coefficient (Wildman–Crippen LogP) is 3.41. The molecule has 18 heavy (non-hydrogen) atoms. The summed E-state index contributed by atoms with van der Waals surface area (Å²) in [4.78, 5) is 13.4. The van der Waals surface area contributed by atoms with Gasteiger partial charge in [0.15, 0.2) is 0 Å². The van der Waals surface area contributed by atoms with Crippen LogP contribution < -0.4 is 5.73 Å². The minimum absolute atomic E-state index is 0.229. The van der Waals surface area contributed by atoms with Gasteiger partial charge in [-0.2, -0.15) is 0 Å². The molecule has 0 aliphatic heterocycles. The Bertz CT molecular complexity index is 439. The minimum Gasteiger partial charge on any atom is -0.462 e. The van der Waals surface area contributed by atoms with Gasteiger partial charge in [0.2, 0.25) is 0 Å². The van der Waals surface area contributed by atoms with Crippen LogP contribution in [-0.4, -0.2) is 12.6 Å². The molecule has 0 aromatic carbocycles. The molecule has 100 valence electrons. The van der Waals surface area contributed by atoms with E-state index in [0.717, 1.165) is 31.2 Å². The van der Waals surface area contributed by atoms with E-state index in [9.17, 15) is 4.79 Å². The van der Waals surface area contributed by atoms with Gasteiger partial charge in [-0.15, -0.1) is 11.3 Å². The Hall–Kier alpha value is -1.03. The van der Waals surface area contributed by atoms with Crippen molar-refractivity contribution in [3.63, 3.8) is 0 Å². The number of unbranched alkanes of at least 4 members (excludes halogenated alkanes) is 1. The van der Waals surface area contributed by atoms with E-state index in [0.29, 0.717) is 23.1 Å². The Balaban J connectivity index is 2.17. The van der Waals surface area contributed by atoms with Crippen LogP contribution in [0.2, 0.25) is 0 Å². The number of nitrogens with two attached hydrogens (primary N) is 1. The Morgan fingerprint density at radius 1 is 1.56 bits per heavy atom. The molecule has 0 bridgehead atoms. The molecule has 1 unspecified atom stereocenters. The molecule has 1 heterocycles. The van der Waals surface area contributed by atoms with E-state index in [2.05, 4.69) is 13.8 Å². The first kappa shape index (κ1) is 13.4. The smallest absolute Gasteiger partial charge is 0.341 e. The Morgan fingerprint density at radius 3 is 3.06 bits per heavy atom. The van der Waals surface area contributed by atoms with Gasteiger partial charge in [0.1, 0.15) is 5.00 Å². The second kappa shape index (κ2) is 5.74. The van der Waals surface area contributed by atoms with Crippen molar-refractivity contribution in [1.29, 1.82) is 0 Å². The van der Waals surface area contributed by atoms with Gasteiger partial charge in [-0.25, -0.2) is 4.79 Å². The van der Waals surface area contributed by atoms with Crippen molar-refractivity contribution in [3.05, 3.63) is 16.0 Å². The van der Waals surface area contributed by atoms with Crippen LogP contribution in [0.15, 0.2) is 0 Å². The molecule has 3 nitrogen and oxygen atoms in total. The summed E-state index contributed by atoms with van der Waals surface area (Å²) in [6.45, 7) is 4.80. The van der Waals surface area contributed by atoms with Crippen molar-refractivity contribution in [2.24, 2.45) is 5.92 Å². The van der Waals surface area contributed by atoms with Crippen LogP contribution in [0.3, 0.4) is 0 Å². The van der Waals surface area contributed by atoms with Gasteiger partial charge < -0.3 is 10.5 Å². The monoisotopic (exact) mass is 267 g/mol. The highest BCUT2D eigenvalue weighted by Gasteiger charge is 2.27. The molecule has 1 aliphatic carbocycles. The number of carbonyl (C=O) groups is 1. The summed E-state index contributed by atoms with van der Waals surface area (Å²) in [6.07, 6.45) is 5.14. The summed E-state index contributed by atoms with van der Waals surface area (Å²) in [5.74, 6) is 0.404. The Kier molecular flexibility index (Phi) is 4.27. The van der Waals surface area contributed by atoms with E-state index in [1.54, 1.807) is 11.3 Å². The third-order valence-electron chi connectivity index (χ3n) is 3.47. The highest BCUT2D eigenvalue weighted by Crippen LogP contribution is 2.38. The van der Waals surface area contributed by atoms with E-state index < -0.39 is 0 Å². The zero-order valence-corrected chi connectivity index (χ0v) is 11.9. The lowest BCUT2D eigenvalue weighted by Crippen LogP contribution is -2.15. The molecule has 0 amide bonds. The average molecular weight is 267 g/mol. The largest absolute Gasteiger partial charge is 0.462 e. The van der Waals surface area contributed by atoms with E-state index in [1.807, 2.05) is 0 Å². The summed E-state index contributed by atoms with van der Waals surface area (Å²) < 4.78 is 5.30. The second-order valence-electron chi connectivity index (χ2n) is 5.08. The number of anilines is 1. The van der Waals surface area contributed by atoms with E-state index >= 15 is 0 Å². The fraction of sp³-hybridized carbons (Fsp3) is 0.643. The standard InChI is InChI=1S/C14H21NO2S/c1-3-4-7-17-14(16)12-10-8-9(2)5-6-11(10)18-13(12)15/h9H,3-8,15H2,1-2H3. The maximum atomic E-state index is 12.1. The maximum absolute atomic E-state index is 12.1. The molecule has 0 fully saturated rings. The zero-order valence-electron chi connectivity index (χ0n) is 11.1. The quantitative estimate of drug-likeness (QED) is 0.672. The van der Waals surface area contributed by atoms with Gasteiger partial charge in [0.05, 0.1) is 12.2 Å². The number of esters is 1. The van der Waals surface area contributed by atoms with Crippen LogP contribution in [-0.2, 0) is 17.6 Å². The molecule has 0 saturated heterocycles. The summed E-state index contributed by atoms with van der Waals surface area (Å²) in [6, 6.07) is 0. The first-order valence-electron chi connectivity index (χ1n) is 6.70. The Morgan fingerprint density at radius 2 is 2.33 bits per heavy atom. The van der Waals surface area contributed by atoms with E-state index in [4.69, 9.17) is 10.5 Å². The van der Waals surface area contributed by atoms with Crippen molar-refractivity contribution in [3.8, 4) is 0 Å². The first-order valence-corrected chi connectivity index (χ1v) is 7.52.